The topological polar surface area (TPSA) is 157 Å². The van der Waals surface area contributed by atoms with Gasteiger partial charge in [0, 0.05) is 50.7 Å². The van der Waals surface area contributed by atoms with Gasteiger partial charge in [-0.1, -0.05) is 6.07 Å². The fourth-order valence-electron chi connectivity index (χ4n) is 6.06. The molecule has 220 valence electrons. The van der Waals surface area contributed by atoms with Crippen LogP contribution < -0.4 is 10.6 Å². The Balaban J connectivity index is 1.41. The summed E-state index contributed by atoms with van der Waals surface area (Å²) < 4.78 is 11.9. The van der Waals surface area contributed by atoms with E-state index in [4.69, 9.17) is 9.47 Å². The van der Waals surface area contributed by atoms with Gasteiger partial charge >= 0.3 is 6.03 Å². The van der Waals surface area contributed by atoms with Crippen LogP contribution in [0, 0.1) is 0 Å². The average Bonchev–Trinajstić information content (AvgIpc) is 3.42. The number of aromatic nitrogens is 1. The van der Waals surface area contributed by atoms with Gasteiger partial charge in [0.2, 0.25) is 11.8 Å². The molecule has 4 saturated heterocycles. The van der Waals surface area contributed by atoms with Crippen molar-refractivity contribution in [3.8, 4) is 0 Å². The summed E-state index contributed by atoms with van der Waals surface area (Å²) in [5, 5.41) is 27.3. The number of hydrogen-bond donors (Lipinski definition) is 4. The number of fused-ring (bicyclic) bond motifs is 6. The number of amides is 4. The zero-order valence-corrected chi connectivity index (χ0v) is 23.0. The minimum absolute atomic E-state index is 0.00710. The standard InChI is InChI=1S/C27H40N6O7/c1-16(2)29-27(38)33-14-19-13-31(6-7-39-19)26(37)20-8-18(12-32(20)11-17-4-3-5-28-10-17)30-23(34)9-21-24(35)25(36)22(15-33)40-21/h3-5,10,16,18-22,24-25,35-36H,6-9,11-15H2,1-2H3,(H,29,38)(H,30,34)/t18-,19-,20-,21-,22+,24-,25+/m0/s1. The molecule has 0 saturated carbocycles. The Morgan fingerprint density at radius 1 is 1.18 bits per heavy atom. The number of nitrogens with one attached hydrogen (secondary N) is 2. The lowest BCUT2D eigenvalue weighted by Gasteiger charge is -2.38. The summed E-state index contributed by atoms with van der Waals surface area (Å²) in [6, 6.07) is 2.60. The quantitative estimate of drug-likeness (QED) is 0.352. The van der Waals surface area contributed by atoms with Gasteiger partial charge in [-0.2, -0.15) is 0 Å². The molecule has 0 spiro atoms. The van der Waals surface area contributed by atoms with Crippen molar-refractivity contribution < 1.29 is 34.1 Å². The van der Waals surface area contributed by atoms with Crippen molar-refractivity contribution in [2.75, 3.05) is 39.3 Å². The van der Waals surface area contributed by atoms with E-state index in [1.54, 1.807) is 17.3 Å². The Kier molecular flexibility index (Phi) is 8.86. The Hall–Kier alpha value is -2.84. The van der Waals surface area contributed by atoms with Crippen molar-refractivity contribution in [2.24, 2.45) is 0 Å². The Morgan fingerprint density at radius 2 is 1.98 bits per heavy atom. The number of nitrogens with zero attached hydrogens (tertiary/aromatic N) is 4. The predicted octanol–water partition coefficient (Wildman–Crippen LogP) is -1.32. The third-order valence-corrected chi connectivity index (χ3v) is 7.98. The van der Waals surface area contributed by atoms with E-state index >= 15 is 0 Å². The lowest BCUT2D eigenvalue weighted by atomic mass is 10.0. The summed E-state index contributed by atoms with van der Waals surface area (Å²) in [6.07, 6.45) is -1.03. The number of morpholine rings is 1. The predicted molar refractivity (Wildman–Crippen MR) is 142 cm³/mol. The molecule has 0 radical (unpaired) electrons. The normalized spacial score (nSPS) is 33.8. The number of carbonyl (C=O) groups excluding carboxylic acids is 3. The molecule has 4 aliphatic rings. The molecule has 40 heavy (non-hydrogen) atoms. The second-order valence-corrected chi connectivity index (χ2v) is 11.5. The van der Waals surface area contributed by atoms with E-state index in [1.165, 1.54) is 4.90 Å². The van der Waals surface area contributed by atoms with Gasteiger partial charge < -0.3 is 40.1 Å². The Morgan fingerprint density at radius 3 is 2.73 bits per heavy atom. The van der Waals surface area contributed by atoms with Crippen LogP contribution in [-0.2, 0) is 25.6 Å². The highest BCUT2D eigenvalue weighted by atomic mass is 16.5. The number of hydrogen-bond acceptors (Lipinski definition) is 9. The molecule has 5 rings (SSSR count). The number of urea groups is 1. The van der Waals surface area contributed by atoms with Crippen LogP contribution in [-0.4, -0.2) is 136 Å². The first-order valence-corrected chi connectivity index (χ1v) is 14.1. The summed E-state index contributed by atoms with van der Waals surface area (Å²) in [6.45, 7) is 5.90. The van der Waals surface area contributed by atoms with Crippen molar-refractivity contribution in [3.05, 3.63) is 30.1 Å². The highest BCUT2D eigenvalue weighted by molar-refractivity contribution is 5.83. The van der Waals surface area contributed by atoms with Crippen LogP contribution in [0.3, 0.4) is 0 Å². The molecule has 5 heterocycles. The number of pyridine rings is 1. The second-order valence-electron chi connectivity index (χ2n) is 11.5. The van der Waals surface area contributed by atoms with Crippen molar-refractivity contribution in [2.45, 2.75) is 81.9 Å². The maximum Gasteiger partial charge on any atom is 0.317 e. The second kappa shape index (κ2) is 12.4. The summed E-state index contributed by atoms with van der Waals surface area (Å²) in [7, 11) is 0. The highest BCUT2D eigenvalue weighted by Gasteiger charge is 2.46. The smallest absolute Gasteiger partial charge is 0.317 e. The first-order valence-electron chi connectivity index (χ1n) is 14.1. The molecule has 1 aromatic rings. The van der Waals surface area contributed by atoms with Crippen molar-refractivity contribution in [1.82, 2.24) is 30.3 Å². The highest BCUT2D eigenvalue weighted by Crippen LogP contribution is 2.27. The van der Waals surface area contributed by atoms with Crippen LogP contribution in [0.5, 0.6) is 0 Å². The number of aliphatic hydroxyl groups excluding tert-OH is 2. The van der Waals surface area contributed by atoms with Gasteiger partial charge in [0.25, 0.3) is 0 Å². The van der Waals surface area contributed by atoms with Gasteiger partial charge in [-0.3, -0.25) is 19.5 Å². The van der Waals surface area contributed by atoms with Crippen molar-refractivity contribution in [3.63, 3.8) is 0 Å². The summed E-state index contributed by atoms with van der Waals surface area (Å²) in [5.41, 5.74) is 0.965. The monoisotopic (exact) mass is 560 g/mol. The maximum absolute atomic E-state index is 13.9. The zero-order valence-electron chi connectivity index (χ0n) is 23.0. The van der Waals surface area contributed by atoms with Gasteiger partial charge in [0.15, 0.2) is 0 Å². The summed E-state index contributed by atoms with van der Waals surface area (Å²) in [4.78, 5) is 49.5. The van der Waals surface area contributed by atoms with Crippen molar-refractivity contribution >= 4 is 17.8 Å². The molecule has 4 fully saturated rings. The fraction of sp³-hybridized carbons (Fsp3) is 0.704. The van der Waals surface area contributed by atoms with E-state index in [9.17, 15) is 24.6 Å². The van der Waals surface area contributed by atoms with E-state index in [0.717, 1.165) is 5.56 Å². The van der Waals surface area contributed by atoms with Crippen molar-refractivity contribution in [1.29, 1.82) is 0 Å². The lowest BCUT2D eigenvalue weighted by Crippen LogP contribution is -2.56. The zero-order chi connectivity index (χ0) is 28.4. The van der Waals surface area contributed by atoms with Crippen LogP contribution in [0.25, 0.3) is 0 Å². The third kappa shape index (κ3) is 6.55. The molecule has 4 amide bonds. The van der Waals surface area contributed by atoms with E-state index in [2.05, 4.69) is 20.5 Å². The number of likely N-dealkylation sites (tertiary alicyclic amines) is 1. The molecule has 4 aliphatic heterocycles. The first-order chi connectivity index (χ1) is 19.2. The van der Waals surface area contributed by atoms with Crippen LogP contribution in [0.15, 0.2) is 24.5 Å². The number of ether oxygens (including phenoxy) is 2. The molecular formula is C27H40N6O7. The summed E-state index contributed by atoms with van der Waals surface area (Å²) >= 11 is 0. The molecule has 6 bridgehead atoms. The van der Waals surface area contributed by atoms with Crippen LogP contribution in [0.1, 0.15) is 32.3 Å². The molecule has 0 unspecified atom stereocenters. The van der Waals surface area contributed by atoms with Gasteiger partial charge in [-0.15, -0.1) is 0 Å². The minimum Gasteiger partial charge on any atom is -0.388 e. The average molecular weight is 561 g/mol. The molecular weight excluding hydrogens is 520 g/mol. The van der Waals surface area contributed by atoms with Crippen LogP contribution >= 0.6 is 0 Å². The van der Waals surface area contributed by atoms with E-state index in [1.807, 2.05) is 26.0 Å². The van der Waals surface area contributed by atoms with Crippen LogP contribution in [0.4, 0.5) is 4.79 Å². The van der Waals surface area contributed by atoms with E-state index < -0.39 is 36.6 Å². The van der Waals surface area contributed by atoms with Gasteiger partial charge in [-0.05, 0) is 31.9 Å². The molecule has 13 heteroatoms. The molecule has 7 atom stereocenters. The van der Waals surface area contributed by atoms with E-state index in [-0.39, 0.29) is 49.4 Å². The van der Waals surface area contributed by atoms with E-state index in [0.29, 0.717) is 39.2 Å². The first kappa shape index (κ1) is 28.7. The van der Waals surface area contributed by atoms with Gasteiger partial charge in [0.1, 0.15) is 18.3 Å². The fourth-order valence-corrected chi connectivity index (χ4v) is 6.06. The maximum atomic E-state index is 13.9. The summed E-state index contributed by atoms with van der Waals surface area (Å²) in [5.74, 6) is -0.363. The number of aliphatic hydroxyl groups is 2. The largest absolute Gasteiger partial charge is 0.388 e. The molecule has 13 nitrogen and oxygen atoms in total. The molecule has 1 aromatic heterocycles. The van der Waals surface area contributed by atoms with Gasteiger partial charge in [0.05, 0.1) is 44.4 Å². The number of rotatable bonds is 3. The SMILES string of the molecule is CC(C)NC(=O)N1C[C@@H]2CN(CCO2)C(=O)[C@@H]2C[C@@H](CN2Cc2cccnc2)NC(=O)C[C@@H]2O[C@H](C1)[C@@H](O)[C@H]2O. The number of carbonyl (C=O) groups is 3. The molecule has 4 N–H and O–H groups in total. The van der Waals surface area contributed by atoms with Crippen LogP contribution in [0.2, 0.25) is 0 Å². The van der Waals surface area contributed by atoms with Gasteiger partial charge in [-0.25, -0.2) is 4.79 Å². The Bertz CT molecular complexity index is 1060. The Labute approximate surface area is 233 Å². The minimum atomic E-state index is -1.28. The third-order valence-electron chi connectivity index (χ3n) is 7.98. The lowest BCUT2D eigenvalue weighted by molar-refractivity contribution is -0.144. The molecule has 0 aromatic carbocycles. The molecule has 0 aliphatic carbocycles.